The Hall–Kier alpha value is -2.89. The van der Waals surface area contributed by atoms with E-state index in [0.29, 0.717) is 16.3 Å². The summed E-state index contributed by atoms with van der Waals surface area (Å²) in [6, 6.07) is 11.9. The second-order valence-corrected chi connectivity index (χ2v) is 7.71. The van der Waals surface area contributed by atoms with Gasteiger partial charge in [0.05, 0.1) is 13.1 Å². The standard InChI is InChI=1S/C10H7ClFN3O2.C9H6BrClFN3/c11-9-8(10(16)17)13-15(14-9)5-6-1-3-7(12)4-2-6;10-8-9(11)14-15(13-8)5-6-1-3-7(12)4-2-6/h1-4H,5H2,(H,16,17);1-4H,5H2. The molecule has 0 aliphatic carbocycles. The number of aromatic carboxylic acids is 1. The number of hydrogen-bond donors (Lipinski definition) is 1. The van der Waals surface area contributed by atoms with Gasteiger partial charge in [-0.25, -0.2) is 13.6 Å². The number of carboxylic acid groups (broad SMARTS) is 1. The molecule has 13 heteroatoms. The third kappa shape index (κ3) is 6.55. The van der Waals surface area contributed by atoms with Gasteiger partial charge < -0.3 is 5.11 Å². The van der Waals surface area contributed by atoms with Crippen molar-refractivity contribution in [2.45, 2.75) is 13.1 Å². The quantitative estimate of drug-likeness (QED) is 0.390. The van der Waals surface area contributed by atoms with Gasteiger partial charge in [-0.1, -0.05) is 47.5 Å². The van der Waals surface area contributed by atoms with E-state index in [9.17, 15) is 13.6 Å². The molecule has 32 heavy (non-hydrogen) atoms. The summed E-state index contributed by atoms with van der Waals surface area (Å²) in [5, 5.41) is 24.3. The van der Waals surface area contributed by atoms with Gasteiger partial charge in [0.15, 0.2) is 14.9 Å². The van der Waals surface area contributed by atoms with Crippen molar-refractivity contribution < 1.29 is 18.7 Å². The molecule has 0 aliphatic heterocycles. The smallest absolute Gasteiger partial charge is 0.359 e. The van der Waals surface area contributed by atoms with E-state index in [1.165, 1.54) is 29.1 Å². The van der Waals surface area contributed by atoms with Gasteiger partial charge in [0.2, 0.25) is 5.69 Å². The van der Waals surface area contributed by atoms with Crippen molar-refractivity contribution in [1.29, 1.82) is 0 Å². The molecule has 1 N–H and O–H groups in total. The molecule has 0 amide bonds. The minimum Gasteiger partial charge on any atom is -0.476 e. The fourth-order valence-electron chi connectivity index (χ4n) is 2.41. The third-order valence-electron chi connectivity index (χ3n) is 3.87. The van der Waals surface area contributed by atoms with Crippen LogP contribution >= 0.6 is 39.1 Å². The maximum Gasteiger partial charge on any atom is 0.359 e. The van der Waals surface area contributed by atoms with Crippen LogP contribution in [0.25, 0.3) is 0 Å². The van der Waals surface area contributed by atoms with Crippen molar-refractivity contribution in [2.75, 3.05) is 0 Å². The minimum absolute atomic E-state index is 0.167. The molecule has 0 aliphatic rings. The molecule has 0 spiro atoms. The van der Waals surface area contributed by atoms with Crippen molar-refractivity contribution in [3.05, 3.63) is 91.9 Å². The summed E-state index contributed by atoms with van der Waals surface area (Å²) in [6.07, 6.45) is 0. The second kappa shape index (κ2) is 10.6. The fraction of sp³-hybridized carbons (Fsp3) is 0.105. The Labute approximate surface area is 198 Å². The third-order valence-corrected chi connectivity index (χ3v) is 5.14. The van der Waals surface area contributed by atoms with Crippen molar-refractivity contribution in [3.8, 4) is 0 Å². The van der Waals surface area contributed by atoms with Crippen molar-refractivity contribution >= 4 is 45.1 Å². The van der Waals surface area contributed by atoms with Crippen LogP contribution in [0.2, 0.25) is 10.3 Å². The van der Waals surface area contributed by atoms with Crippen molar-refractivity contribution in [2.24, 2.45) is 0 Å². The average Bonchev–Trinajstić information content (AvgIpc) is 3.27. The van der Waals surface area contributed by atoms with Crippen LogP contribution in [-0.2, 0) is 13.1 Å². The second-order valence-electron chi connectivity index (χ2n) is 6.24. The number of aromatic nitrogens is 6. The Balaban J connectivity index is 0.000000182. The SMILES string of the molecule is Fc1ccc(Cn2nc(Cl)c(Br)n2)cc1.O=C(O)c1nn(Cc2ccc(F)cc2)nc1Cl. The molecule has 2 aromatic carbocycles. The van der Waals surface area contributed by atoms with Crippen LogP contribution in [0.4, 0.5) is 8.78 Å². The lowest BCUT2D eigenvalue weighted by Gasteiger charge is -1.99. The van der Waals surface area contributed by atoms with E-state index in [2.05, 4.69) is 36.3 Å². The van der Waals surface area contributed by atoms with Crippen molar-refractivity contribution in [1.82, 2.24) is 30.0 Å². The highest BCUT2D eigenvalue weighted by atomic mass is 79.9. The van der Waals surface area contributed by atoms with Gasteiger partial charge in [0, 0.05) is 0 Å². The van der Waals surface area contributed by atoms with Crippen LogP contribution in [-0.4, -0.2) is 41.1 Å². The van der Waals surface area contributed by atoms with E-state index >= 15 is 0 Å². The summed E-state index contributed by atoms with van der Waals surface area (Å²) in [4.78, 5) is 13.3. The molecule has 2 heterocycles. The normalized spacial score (nSPS) is 10.5. The topological polar surface area (TPSA) is 98.7 Å². The highest BCUT2D eigenvalue weighted by Crippen LogP contribution is 2.16. The fourth-order valence-corrected chi connectivity index (χ4v) is 3.01. The Morgan fingerprint density at radius 3 is 1.62 bits per heavy atom. The summed E-state index contributed by atoms with van der Waals surface area (Å²) in [5.74, 6) is -1.84. The predicted octanol–water partition coefficient (Wildman–Crippen LogP) is 4.70. The van der Waals surface area contributed by atoms with E-state index in [-0.39, 0.29) is 29.0 Å². The first-order chi connectivity index (χ1) is 15.2. The van der Waals surface area contributed by atoms with E-state index in [0.717, 1.165) is 15.9 Å². The highest BCUT2D eigenvalue weighted by Gasteiger charge is 2.15. The summed E-state index contributed by atoms with van der Waals surface area (Å²) in [7, 11) is 0. The van der Waals surface area contributed by atoms with Gasteiger partial charge in [-0.2, -0.15) is 9.59 Å². The minimum atomic E-state index is -1.24. The summed E-state index contributed by atoms with van der Waals surface area (Å²) in [5.41, 5.74) is 1.36. The van der Waals surface area contributed by atoms with Crippen LogP contribution < -0.4 is 0 Å². The number of hydrogen-bond acceptors (Lipinski definition) is 5. The zero-order valence-corrected chi connectivity index (χ0v) is 19.1. The van der Waals surface area contributed by atoms with Gasteiger partial charge in [-0.15, -0.1) is 20.4 Å². The Morgan fingerprint density at radius 1 is 0.812 bits per heavy atom. The monoisotopic (exact) mass is 544 g/mol. The number of halogens is 5. The largest absolute Gasteiger partial charge is 0.476 e. The van der Waals surface area contributed by atoms with Gasteiger partial charge in [-0.3, -0.25) is 0 Å². The van der Waals surface area contributed by atoms with Crippen molar-refractivity contribution in [3.63, 3.8) is 0 Å². The van der Waals surface area contributed by atoms with Crippen LogP contribution in [0.1, 0.15) is 21.6 Å². The molecule has 8 nitrogen and oxygen atoms in total. The van der Waals surface area contributed by atoms with E-state index in [4.69, 9.17) is 28.3 Å². The van der Waals surface area contributed by atoms with Crippen LogP contribution in [0.5, 0.6) is 0 Å². The Morgan fingerprint density at radius 2 is 1.25 bits per heavy atom. The molecule has 4 aromatic rings. The molecular weight excluding hydrogens is 533 g/mol. The highest BCUT2D eigenvalue weighted by molar-refractivity contribution is 9.10. The maximum absolute atomic E-state index is 12.7. The molecule has 166 valence electrons. The number of carbonyl (C=O) groups is 1. The number of benzene rings is 2. The lowest BCUT2D eigenvalue weighted by atomic mass is 10.2. The molecule has 0 fully saturated rings. The molecule has 2 aromatic heterocycles. The van der Waals surface area contributed by atoms with Crippen LogP contribution in [0.15, 0.2) is 53.1 Å². The van der Waals surface area contributed by atoms with E-state index in [1.54, 1.807) is 24.3 Å². The van der Waals surface area contributed by atoms with Gasteiger partial charge in [0.1, 0.15) is 11.6 Å². The van der Waals surface area contributed by atoms with E-state index in [1.807, 2.05) is 0 Å². The molecule has 0 radical (unpaired) electrons. The predicted molar refractivity (Wildman–Crippen MR) is 116 cm³/mol. The van der Waals surface area contributed by atoms with Crippen LogP contribution in [0.3, 0.4) is 0 Å². The lowest BCUT2D eigenvalue weighted by molar-refractivity contribution is 0.0689. The number of carboxylic acids is 1. The summed E-state index contributed by atoms with van der Waals surface area (Å²) < 4.78 is 25.8. The molecular formula is C19H13BrCl2F2N6O2. The van der Waals surface area contributed by atoms with Gasteiger partial charge >= 0.3 is 5.97 Å². The summed E-state index contributed by atoms with van der Waals surface area (Å²) >= 11 is 14.5. The Kier molecular flexibility index (Phi) is 7.89. The molecule has 0 bridgehead atoms. The summed E-state index contributed by atoms with van der Waals surface area (Å²) in [6.45, 7) is 0.693. The molecule has 0 unspecified atom stereocenters. The zero-order valence-electron chi connectivity index (χ0n) is 16.0. The van der Waals surface area contributed by atoms with Gasteiger partial charge in [0.25, 0.3) is 0 Å². The average molecular weight is 546 g/mol. The Bertz CT molecular complexity index is 1200. The van der Waals surface area contributed by atoms with E-state index < -0.39 is 5.97 Å². The van der Waals surface area contributed by atoms with Gasteiger partial charge in [-0.05, 0) is 51.3 Å². The lowest BCUT2D eigenvalue weighted by Crippen LogP contribution is -2.05. The van der Waals surface area contributed by atoms with Crippen LogP contribution in [0, 0.1) is 11.6 Å². The zero-order chi connectivity index (χ0) is 23.3. The first-order valence-corrected chi connectivity index (χ1v) is 10.3. The first kappa shape index (κ1) is 23.8. The first-order valence-electron chi connectivity index (χ1n) is 8.80. The maximum atomic E-state index is 12.7. The molecule has 4 rings (SSSR count). The number of rotatable bonds is 5. The molecule has 0 atom stereocenters. The molecule has 0 saturated heterocycles. The number of nitrogens with zero attached hydrogens (tertiary/aromatic N) is 6. The molecule has 0 saturated carbocycles.